The number of nitrogens with zero attached hydrogens (tertiary/aromatic N) is 2. The molecule has 5 nitrogen and oxygen atoms in total. The maximum Gasteiger partial charge on any atom is 0.255 e. The van der Waals surface area contributed by atoms with Crippen LogP contribution in [0.4, 0.5) is 11.6 Å². The fourth-order valence-electron chi connectivity index (χ4n) is 3.39. The quantitative estimate of drug-likeness (QED) is 0.398. The summed E-state index contributed by atoms with van der Waals surface area (Å²) in [5, 5.41) is 3.63. The molecule has 1 amide bonds. The second kappa shape index (κ2) is 8.78. The van der Waals surface area contributed by atoms with Gasteiger partial charge in [-0.25, -0.2) is 4.98 Å². The highest BCUT2D eigenvalue weighted by molar-refractivity contribution is 6.42. The first-order chi connectivity index (χ1) is 14.5. The van der Waals surface area contributed by atoms with Crippen LogP contribution in [0.15, 0.2) is 66.7 Å². The molecular formula is C23H20Cl2N4O. The zero-order valence-electron chi connectivity index (χ0n) is 16.1. The Morgan fingerprint density at radius 2 is 1.80 bits per heavy atom. The molecule has 7 heteroatoms. The first-order valence-electron chi connectivity index (χ1n) is 9.57. The van der Waals surface area contributed by atoms with Crippen LogP contribution in [0.2, 0.25) is 10.0 Å². The molecule has 0 aliphatic rings. The molecule has 3 N–H and O–H groups in total. The molecule has 0 atom stereocenters. The van der Waals surface area contributed by atoms with Crippen molar-refractivity contribution in [2.24, 2.45) is 0 Å². The van der Waals surface area contributed by atoms with Crippen molar-refractivity contribution in [1.29, 1.82) is 0 Å². The van der Waals surface area contributed by atoms with Crippen molar-refractivity contribution in [3.8, 4) is 0 Å². The molecule has 152 valence electrons. The highest BCUT2D eigenvalue weighted by Gasteiger charge is 2.13. The van der Waals surface area contributed by atoms with E-state index in [0.717, 1.165) is 24.9 Å². The Morgan fingerprint density at radius 1 is 1.00 bits per heavy atom. The van der Waals surface area contributed by atoms with Crippen LogP contribution in [0.3, 0.4) is 0 Å². The van der Waals surface area contributed by atoms with Gasteiger partial charge in [-0.05, 0) is 54.8 Å². The van der Waals surface area contributed by atoms with Gasteiger partial charge in [-0.3, -0.25) is 4.79 Å². The first-order valence-corrected chi connectivity index (χ1v) is 10.3. The molecule has 1 heterocycles. The van der Waals surface area contributed by atoms with E-state index in [2.05, 4.69) is 22.4 Å². The van der Waals surface area contributed by atoms with Gasteiger partial charge in [0.2, 0.25) is 5.95 Å². The minimum absolute atomic E-state index is 0.257. The number of aryl methyl sites for hydroxylation is 2. The van der Waals surface area contributed by atoms with E-state index in [9.17, 15) is 4.79 Å². The van der Waals surface area contributed by atoms with Crippen LogP contribution in [-0.4, -0.2) is 15.5 Å². The van der Waals surface area contributed by atoms with Crippen LogP contribution >= 0.6 is 23.2 Å². The zero-order valence-corrected chi connectivity index (χ0v) is 17.6. The summed E-state index contributed by atoms with van der Waals surface area (Å²) in [4.78, 5) is 17.1. The molecule has 0 fully saturated rings. The number of nitrogen functional groups attached to an aromatic ring is 1. The van der Waals surface area contributed by atoms with E-state index in [0.29, 0.717) is 32.8 Å². The van der Waals surface area contributed by atoms with Gasteiger partial charge in [-0.1, -0.05) is 53.5 Å². The van der Waals surface area contributed by atoms with Crippen LogP contribution in [-0.2, 0) is 13.0 Å². The number of imidazole rings is 1. The van der Waals surface area contributed by atoms with E-state index in [4.69, 9.17) is 28.9 Å². The number of carbonyl (C=O) groups excluding carboxylic acids is 1. The van der Waals surface area contributed by atoms with Gasteiger partial charge in [0.15, 0.2) is 0 Å². The molecule has 0 saturated heterocycles. The summed E-state index contributed by atoms with van der Waals surface area (Å²) in [7, 11) is 0. The number of amides is 1. The van der Waals surface area contributed by atoms with E-state index in [-0.39, 0.29) is 5.91 Å². The van der Waals surface area contributed by atoms with E-state index < -0.39 is 0 Å². The van der Waals surface area contributed by atoms with Crippen molar-refractivity contribution in [1.82, 2.24) is 9.55 Å². The number of aromatic nitrogens is 2. The standard InChI is InChI=1S/C23H20Cl2N4O/c24-18-10-9-17(14-19(18)25)27-22(30)16-8-11-21-20(13-16)28-23(26)29(21)12-4-7-15-5-2-1-3-6-15/h1-3,5-6,8-11,13-14H,4,7,12H2,(H2,26,28)(H,27,30). The van der Waals surface area contributed by atoms with E-state index in [1.165, 1.54) is 5.56 Å². The summed E-state index contributed by atoms with van der Waals surface area (Å²) >= 11 is 11.9. The van der Waals surface area contributed by atoms with Crippen LogP contribution in [0.1, 0.15) is 22.3 Å². The Bertz CT molecular complexity index is 1200. The number of rotatable bonds is 6. The SMILES string of the molecule is Nc1nc2cc(C(=O)Nc3ccc(Cl)c(Cl)c3)ccc2n1CCCc1ccccc1. The fraction of sp³-hybridized carbons (Fsp3) is 0.130. The lowest BCUT2D eigenvalue weighted by Gasteiger charge is -2.08. The molecule has 1 aromatic heterocycles. The monoisotopic (exact) mass is 438 g/mol. The topological polar surface area (TPSA) is 72.9 Å². The van der Waals surface area contributed by atoms with Gasteiger partial charge in [-0.15, -0.1) is 0 Å². The van der Waals surface area contributed by atoms with Crippen molar-refractivity contribution in [3.63, 3.8) is 0 Å². The number of hydrogen-bond acceptors (Lipinski definition) is 3. The van der Waals surface area contributed by atoms with Crippen molar-refractivity contribution in [2.75, 3.05) is 11.1 Å². The van der Waals surface area contributed by atoms with Crippen LogP contribution < -0.4 is 11.1 Å². The Kier molecular flexibility index (Phi) is 5.93. The normalized spacial score (nSPS) is 11.0. The Labute approximate surface area is 184 Å². The van der Waals surface area contributed by atoms with Gasteiger partial charge in [0, 0.05) is 17.8 Å². The minimum Gasteiger partial charge on any atom is -0.369 e. The van der Waals surface area contributed by atoms with Crippen LogP contribution in [0, 0.1) is 0 Å². The zero-order chi connectivity index (χ0) is 21.1. The number of hydrogen-bond donors (Lipinski definition) is 2. The first kappa shape index (κ1) is 20.3. The summed E-state index contributed by atoms with van der Waals surface area (Å²) in [6.45, 7) is 0.756. The molecule has 0 aliphatic carbocycles. The van der Waals surface area contributed by atoms with Gasteiger partial charge in [-0.2, -0.15) is 0 Å². The number of carbonyl (C=O) groups is 1. The number of benzene rings is 3. The van der Waals surface area contributed by atoms with E-state index in [1.807, 2.05) is 28.8 Å². The average molecular weight is 439 g/mol. The smallest absolute Gasteiger partial charge is 0.255 e. The Hall–Kier alpha value is -3.02. The predicted molar refractivity (Wildman–Crippen MR) is 123 cm³/mol. The summed E-state index contributed by atoms with van der Waals surface area (Å²) in [5.41, 5.74) is 10.1. The van der Waals surface area contributed by atoms with Crippen LogP contribution in [0.25, 0.3) is 11.0 Å². The minimum atomic E-state index is -0.257. The van der Waals surface area contributed by atoms with Crippen molar-refractivity contribution < 1.29 is 4.79 Å². The molecule has 0 radical (unpaired) electrons. The molecule has 0 spiro atoms. The lowest BCUT2D eigenvalue weighted by atomic mass is 10.1. The van der Waals surface area contributed by atoms with Gasteiger partial charge in [0.05, 0.1) is 21.1 Å². The molecule has 3 aromatic carbocycles. The summed E-state index contributed by atoms with van der Waals surface area (Å²) < 4.78 is 1.99. The number of anilines is 2. The van der Waals surface area contributed by atoms with Crippen molar-refractivity contribution >= 4 is 51.8 Å². The second-order valence-corrected chi connectivity index (χ2v) is 7.81. The second-order valence-electron chi connectivity index (χ2n) is 7.00. The molecular weight excluding hydrogens is 419 g/mol. The number of nitrogens with two attached hydrogens (primary N) is 1. The molecule has 30 heavy (non-hydrogen) atoms. The number of nitrogens with one attached hydrogen (secondary N) is 1. The Balaban J connectivity index is 1.49. The lowest BCUT2D eigenvalue weighted by molar-refractivity contribution is 0.102. The number of halogens is 2. The maximum atomic E-state index is 12.6. The third-order valence-corrected chi connectivity index (χ3v) is 5.65. The van der Waals surface area contributed by atoms with Gasteiger partial charge >= 0.3 is 0 Å². The van der Waals surface area contributed by atoms with Gasteiger partial charge in [0.25, 0.3) is 5.91 Å². The molecule has 0 unspecified atom stereocenters. The predicted octanol–water partition coefficient (Wildman–Crippen LogP) is 5.81. The summed E-state index contributed by atoms with van der Waals surface area (Å²) in [5.74, 6) is 0.188. The van der Waals surface area contributed by atoms with Crippen LogP contribution in [0.5, 0.6) is 0 Å². The largest absolute Gasteiger partial charge is 0.369 e. The third kappa shape index (κ3) is 4.42. The highest BCUT2D eigenvalue weighted by atomic mass is 35.5. The molecule has 4 rings (SSSR count). The Morgan fingerprint density at radius 3 is 2.57 bits per heavy atom. The average Bonchev–Trinajstić information content (AvgIpc) is 3.06. The van der Waals surface area contributed by atoms with E-state index >= 15 is 0 Å². The molecule has 0 saturated carbocycles. The number of fused-ring (bicyclic) bond motifs is 1. The molecule has 0 aliphatic heterocycles. The molecule has 4 aromatic rings. The maximum absolute atomic E-state index is 12.6. The molecule has 0 bridgehead atoms. The van der Waals surface area contributed by atoms with Gasteiger partial charge in [0.1, 0.15) is 0 Å². The summed E-state index contributed by atoms with van der Waals surface area (Å²) in [6, 6.07) is 20.7. The van der Waals surface area contributed by atoms with E-state index in [1.54, 1.807) is 30.3 Å². The van der Waals surface area contributed by atoms with Crippen molar-refractivity contribution in [2.45, 2.75) is 19.4 Å². The third-order valence-electron chi connectivity index (χ3n) is 4.91. The lowest BCUT2D eigenvalue weighted by Crippen LogP contribution is -2.11. The van der Waals surface area contributed by atoms with Gasteiger partial charge < -0.3 is 15.6 Å². The fourth-order valence-corrected chi connectivity index (χ4v) is 3.69. The highest BCUT2D eigenvalue weighted by Crippen LogP contribution is 2.26. The summed E-state index contributed by atoms with van der Waals surface area (Å²) in [6.07, 6.45) is 1.91. The van der Waals surface area contributed by atoms with Crippen molar-refractivity contribution in [3.05, 3.63) is 87.9 Å².